The number of rotatable bonds is 5. The first-order valence-electron chi connectivity index (χ1n) is 5.53. The second kappa shape index (κ2) is 6.53. The van der Waals surface area contributed by atoms with Crippen molar-refractivity contribution in [1.29, 1.82) is 0 Å². The third kappa shape index (κ3) is 3.93. The highest BCUT2D eigenvalue weighted by Crippen LogP contribution is 2.25. The molecule has 0 aromatic heterocycles. The van der Waals surface area contributed by atoms with E-state index in [1.54, 1.807) is 6.92 Å². The molecule has 7 heteroatoms. The SMILES string of the molecule is CCOC(=O)CC(O)C(O)c1c(F)cc(F)cc1F. The smallest absolute Gasteiger partial charge is 0.308 e. The highest BCUT2D eigenvalue weighted by molar-refractivity contribution is 5.70. The van der Waals surface area contributed by atoms with Gasteiger partial charge in [0.2, 0.25) is 0 Å². The molecule has 106 valence electrons. The van der Waals surface area contributed by atoms with Gasteiger partial charge in [-0.3, -0.25) is 4.79 Å². The molecular formula is C12H13F3O4. The Balaban J connectivity index is 2.88. The molecule has 0 heterocycles. The van der Waals surface area contributed by atoms with Crippen LogP contribution in [0.3, 0.4) is 0 Å². The van der Waals surface area contributed by atoms with E-state index in [-0.39, 0.29) is 6.61 Å². The highest BCUT2D eigenvalue weighted by Gasteiger charge is 2.27. The summed E-state index contributed by atoms with van der Waals surface area (Å²) in [6, 6.07) is 0.747. The number of carbonyl (C=O) groups excluding carboxylic acids is 1. The lowest BCUT2D eigenvalue weighted by Crippen LogP contribution is -2.24. The van der Waals surface area contributed by atoms with Crippen LogP contribution in [0.2, 0.25) is 0 Å². The zero-order chi connectivity index (χ0) is 14.6. The predicted molar refractivity (Wildman–Crippen MR) is 58.5 cm³/mol. The van der Waals surface area contributed by atoms with Crippen molar-refractivity contribution in [3.05, 3.63) is 35.1 Å². The van der Waals surface area contributed by atoms with Crippen molar-refractivity contribution >= 4 is 5.97 Å². The van der Waals surface area contributed by atoms with Gasteiger partial charge in [-0.05, 0) is 6.92 Å². The molecule has 1 aromatic rings. The van der Waals surface area contributed by atoms with Crippen LogP contribution in [0.25, 0.3) is 0 Å². The van der Waals surface area contributed by atoms with Crippen molar-refractivity contribution in [2.24, 2.45) is 0 Å². The molecule has 1 aromatic carbocycles. The molecule has 0 saturated carbocycles. The normalized spacial score (nSPS) is 14.0. The van der Waals surface area contributed by atoms with Crippen molar-refractivity contribution in [3.8, 4) is 0 Å². The predicted octanol–water partition coefficient (Wildman–Crippen LogP) is 1.45. The number of benzene rings is 1. The molecule has 2 N–H and O–H groups in total. The molecule has 19 heavy (non-hydrogen) atoms. The van der Waals surface area contributed by atoms with Crippen LogP contribution in [0.5, 0.6) is 0 Å². The van der Waals surface area contributed by atoms with Crippen LogP contribution < -0.4 is 0 Å². The van der Waals surface area contributed by atoms with E-state index in [0.717, 1.165) is 0 Å². The van der Waals surface area contributed by atoms with Crippen molar-refractivity contribution in [2.45, 2.75) is 25.6 Å². The molecule has 0 aliphatic heterocycles. The van der Waals surface area contributed by atoms with E-state index in [2.05, 4.69) is 4.74 Å². The van der Waals surface area contributed by atoms with Crippen LogP contribution in [0.4, 0.5) is 13.2 Å². The molecule has 0 saturated heterocycles. The number of esters is 1. The Hall–Kier alpha value is -1.60. The second-order valence-corrected chi connectivity index (χ2v) is 3.80. The van der Waals surface area contributed by atoms with Crippen LogP contribution in [0.1, 0.15) is 25.0 Å². The van der Waals surface area contributed by atoms with Gasteiger partial charge in [-0.25, -0.2) is 13.2 Å². The summed E-state index contributed by atoms with van der Waals surface area (Å²) in [5, 5.41) is 19.1. The third-order valence-corrected chi connectivity index (χ3v) is 2.39. The van der Waals surface area contributed by atoms with Gasteiger partial charge < -0.3 is 14.9 Å². The molecule has 0 radical (unpaired) electrons. The van der Waals surface area contributed by atoms with Crippen molar-refractivity contribution < 1.29 is 32.9 Å². The first-order chi connectivity index (χ1) is 8.86. The number of aliphatic hydroxyl groups is 2. The van der Waals surface area contributed by atoms with Crippen molar-refractivity contribution in [3.63, 3.8) is 0 Å². The molecule has 1 rings (SSSR count). The third-order valence-electron chi connectivity index (χ3n) is 2.39. The Morgan fingerprint density at radius 2 is 1.79 bits per heavy atom. The van der Waals surface area contributed by atoms with E-state index in [1.807, 2.05) is 0 Å². The summed E-state index contributed by atoms with van der Waals surface area (Å²) in [7, 11) is 0. The molecule has 0 fully saturated rings. The molecule has 0 amide bonds. The number of halogens is 3. The Morgan fingerprint density at radius 3 is 2.26 bits per heavy atom. The van der Waals surface area contributed by atoms with E-state index in [1.165, 1.54) is 0 Å². The van der Waals surface area contributed by atoms with E-state index in [4.69, 9.17) is 0 Å². The molecular weight excluding hydrogens is 265 g/mol. The molecule has 0 bridgehead atoms. The highest BCUT2D eigenvalue weighted by atomic mass is 19.1. The van der Waals surface area contributed by atoms with Crippen LogP contribution in [0, 0.1) is 17.5 Å². The average Bonchev–Trinajstić information content (AvgIpc) is 2.27. The number of hydrogen-bond donors (Lipinski definition) is 2. The number of ether oxygens (including phenoxy) is 1. The first-order valence-corrected chi connectivity index (χ1v) is 5.53. The van der Waals surface area contributed by atoms with Crippen LogP contribution in [-0.2, 0) is 9.53 Å². The van der Waals surface area contributed by atoms with E-state index in [0.29, 0.717) is 12.1 Å². The lowest BCUT2D eigenvalue weighted by molar-refractivity contribution is -0.147. The van der Waals surface area contributed by atoms with Crippen molar-refractivity contribution in [1.82, 2.24) is 0 Å². The van der Waals surface area contributed by atoms with Gasteiger partial charge in [-0.1, -0.05) is 0 Å². The molecule has 2 unspecified atom stereocenters. The lowest BCUT2D eigenvalue weighted by Gasteiger charge is -2.18. The maximum absolute atomic E-state index is 13.3. The van der Waals surface area contributed by atoms with Gasteiger partial charge in [0.15, 0.2) is 0 Å². The maximum Gasteiger partial charge on any atom is 0.308 e. The Morgan fingerprint density at radius 1 is 1.26 bits per heavy atom. The number of hydrogen-bond acceptors (Lipinski definition) is 4. The molecule has 0 aliphatic carbocycles. The van der Waals surface area contributed by atoms with Gasteiger partial charge in [0.05, 0.1) is 24.7 Å². The van der Waals surface area contributed by atoms with Gasteiger partial charge in [0.25, 0.3) is 0 Å². The summed E-state index contributed by atoms with van der Waals surface area (Å²) in [4.78, 5) is 11.1. The summed E-state index contributed by atoms with van der Waals surface area (Å²) in [5.41, 5.74) is -0.891. The van der Waals surface area contributed by atoms with Gasteiger partial charge in [0, 0.05) is 12.1 Å². The van der Waals surface area contributed by atoms with Crippen LogP contribution in [0.15, 0.2) is 12.1 Å². The Labute approximate surface area is 107 Å². The minimum atomic E-state index is -2.00. The van der Waals surface area contributed by atoms with Gasteiger partial charge in [-0.15, -0.1) is 0 Å². The summed E-state index contributed by atoms with van der Waals surface area (Å²) in [5.74, 6) is -4.65. The topological polar surface area (TPSA) is 66.8 Å². The largest absolute Gasteiger partial charge is 0.466 e. The number of carbonyl (C=O) groups is 1. The van der Waals surface area contributed by atoms with Crippen LogP contribution in [-0.4, -0.2) is 28.9 Å². The standard InChI is InChI=1S/C12H13F3O4/c1-2-19-10(17)5-9(16)12(18)11-7(14)3-6(13)4-8(11)15/h3-4,9,12,16,18H,2,5H2,1H3. The maximum atomic E-state index is 13.3. The van der Waals surface area contributed by atoms with Crippen LogP contribution >= 0.6 is 0 Å². The summed E-state index contributed by atoms with van der Waals surface area (Å²) >= 11 is 0. The fourth-order valence-corrected chi connectivity index (χ4v) is 1.53. The monoisotopic (exact) mass is 278 g/mol. The zero-order valence-corrected chi connectivity index (χ0v) is 10.1. The van der Waals surface area contributed by atoms with E-state index in [9.17, 15) is 28.2 Å². The van der Waals surface area contributed by atoms with Gasteiger partial charge in [0.1, 0.15) is 23.6 Å². The zero-order valence-electron chi connectivity index (χ0n) is 10.1. The first kappa shape index (κ1) is 15.5. The minimum Gasteiger partial charge on any atom is -0.466 e. The van der Waals surface area contributed by atoms with E-state index >= 15 is 0 Å². The van der Waals surface area contributed by atoms with Crippen molar-refractivity contribution in [2.75, 3.05) is 6.61 Å². The fraction of sp³-hybridized carbons (Fsp3) is 0.417. The Kier molecular flexibility index (Phi) is 5.31. The minimum absolute atomic E-state index is 0.0704. The quantitative estimate of drug-likeness (QED) is 0.800. The molecule has 0 spiro atoms. The van der Waals surface area contributed by atoms with E-state index < -0.39 is 47.6 Å². The summed E-state index contributed by atoms with van der Waals surface area (Å²) < 4.78 is 43.9. The van der Waals surface area contributed by atoms with Gasteiger partial charge in [-0.2, -0.15) is 0 Å². The average molecular weight is 278 g/mol. The molecule has 2 atom stereocenters. The molecule has 4 nitrogen and oxygen atoms in total. The lowest BCUT2D eigenvalue weighted by atomic mass is 10.0. The second-order valence-electron chi connectivity index (χ2n) is 3.80. The summed E-state index contributed by atoms with van der Waals surface area (Å²) in [6.07, 6.45) is -4.39. The summed E-state index contributed by atoms with van der Waals surface area (Å²) in [6.45, 7) is 1.61. The Bertz CT molecular complexity index is 441. The number of aliphatic hydroxyl groups excluding tert-OH is 2. The molecule has 0 aliphatic rings. The fourth-order valence-electron chi connectivity index (χ4n) is 1.53. The van der Waals surface area contributed by atoms with Gasteiger partial charge >= 0.3 is 5.97 Å².